The van der Waals surface area contributed by atoms with Crippen LogP contribution in [0.15, 0.2) is 47.6 Å². The molecule has 1 unspecified atom stereocenters. The third-order valence-corrected chi connectivity index (χ3v) is 3.46. The average molecular weight is 389 g/mol. The molecule has 0 radical (unpaired) electrons. The third kappa shape index (κ3) is 5.95. The smallest absolute Gasteiger partial charge is 0.387 e. The monoisotopic (exact) mass is 389 g/mol. The summed E-state index contributed by atoms with van der Waals surface area (Å²) in [5.74, 6) is -0.0635. The van der Waals surface area contributed by atoms with Crippen LogP contribution in [-0.4, -0.2) is 31.9 Å². The Morgan fingerprint density at radius 3 is 2.50 bits per heavy atom. The number of carbonyl (C=O) groups is 1. The van der Waals surface area contributed by atoms with Crippen molar-refractivity contribution in [1.82, 2.24) is 5.43 Å². The molecule has 0 aliphatic carbocycles. The summed E-state index contributed by atoms with van der Waals surface area (Å²) in [6.45, 7) is -1.42. The highest BCUT2D eigenvalue weighted by atomic mass is 19.3. The van der Waals surface area contributed by atoms with E-state index in [1.165, 1.54) is 31.5 Å². The number of benzene rings is 2. The molecule has 2 rings (SSSR count). The number of ether oxygens (including phenoxy) is 3. The lowest BCUT2D eigenvalue weighted by Crippen LogP contribution is -2.33. The summed E-state index contributed by atoms with van der Waals surface area (Å²) in [5.41, 5.74) is 3.30. The SMILES string of the molecule is COc1cc(/C=N/NC(=O)C(C)Oc2ccc(C#N)cc2)ccc1OC(F)F. The number of nitriles is 1. The van der Waals surface area contributed by atoms with Gasteiger partial charge in [-0.2, -0.15) is 19.1 Å². The molecule has 0 aromatic heterocycles. The molecular weight excluding hydrogens is 372 g/mol. The second-order valence-electron chi connectivity index (χ2n) is 5.42. The molecule has 0 fully saturated rings. The van der Waals surface area contributed by atoms with E-state index in [-0.39, 0.29) is 11.5 Å². The Hall–Kier alpha value is -3.67. The van der Waals surface area contributed by atoms with Gasteiger partial charge in [0.1, 0.15) is 5.75 Å². The van der Waals surface area contributed by atoms with Gasteiger partial charge in [-0.25, -0.2) is 5.43 Å². The van der Waals surface area contributed by atoms with Crippen LogP contribution in [0.5, 0.6) is 17.2 Å². The summed E-state index contributed by atoms with van der Waals surface area (Å²) in [5, 5.41) is 12.6. The van der Waals surface area contributed by atoms with Crippen LogP contribution in [0.1, 0.15) is 18.1 Å². The van der Waals surface area contributed by atoms with Crippen LogP contribution in [0, 0.1) is 11.3 Å². The Labute approximate surface area is 160 Å². The van der Waals surface area contributed by atoms with Crippen molar-refractivity contribution in [1.29, 1.82) is 5.26 Å². The number of amides is 1. The van der Waals surface area contributed by atoms with Crippen molar-refractivity contribution < 1.29 is 27.8 Å². The van der Waals surface area contributed by atoms with Gasteiger partial charge in [-0.15, -0.1) is 0 Å². The van der Waals surface area contributed by atoms with Gasteiger partial charge in [0.25, 0.3) is 5.91 Å². The molecule has 0 spiro atoms. The first-order chi connectivity index (χ1) is 13.4. The minimum Gasteiger partial charge on any atom is -0.493 e. The first-order valence-electron chi connectivity index (χ1n) is 8.05. The fourth-order valence-corrected chi connectivity index (χ4v) is 2.08. The fraction of sp³-hybridized carbons (Fsp3) is 0.211. The second kappa shape index (κ2) is 9.87. The van der Waals surface area contributed by atoms with Crippen molar-refractivity contribution in [3.8, 4) is 23.3 Å². The topological polar surface area (TPSA) is 92.9 Å². The molecule has 9 heteroatoms. The molecule has 2 aromatic rings. The number of methoxy groups -OCH3 is 1. The van der Waals surface area contributed by atoms with E-state index in [2.05, 4.69) is 15.3 Å². The van der Waals surface area contributed by atoms with Gasteiger partial charge in [0.05, 0.1) is 25.0 Å². The van der Waals surface area contributed by atoms with Gasteiger partial charge in [-0.1, -0.05) is 0 Å². The number of halogens is 2. The molecule has 28 heavy (non-hydrogen) atoms. The van der Waals surface area contributed by atoms with Crippen molar-refractivity contribution >= 4 is 12.1 Å². The summed E-state index contributed by atoms with van der Waals surface area (Å²) < 4.78 is 39.4. The predicted molar refractivity (Wildman–Crippen MR) is 96.6 cm³/mol. The number of hydrogen-bond donors (Lipinski definition) is 1. The van der Waals surface area contributed by atoms with Gasteiger partial charge >= 0.3 is 6.61 Å². The van der Waals surface area contributed by atoms with E-state index in [1.54, 1.807) is 31.2 Å². The maximum Gasteiger partial charge on any atom is 0.387 e. The quantitative estimate of drug-likeness (QED) is 0.553. The molecular formula is C19H17F2N3O4. The molecule has 0 saturated heterocycles. The summed E-state index contributed by atoms with van der Waals surface area (Å²) in [7, 11) is 1.32. The third-order valence-electron chi connectivity index (χ3n) is 3.46. The molecule has 0 bridgehead atoms. The molecule has 1 atom stereocenters. The fourth-order valence-electron chi connectivity index (χ4n) is 2.08. The van der Waals surface area contributed by atoms with E-state index < -0.39 is 18.6 Å². The van der Waals surface area contributed by atoms with Gasteiger partial charge in [-0.3, -0.25) is 4.79 Å². The molecule has 0 saturated carbocycles. The Bertz CT molecular complexity index is 880. The Morgan fingerprint density at radius 2 is 1.89 bits per heavy atom. The predicted octanol–water partition coefficient (Wildman–Crippen LogP) is 3.09. The van der Waals surface area contributed by atoms with E-state index in [0.717, 1.165) is 0 Å². The normalized spacial score (nSPS) is 11.7. The molecule has 1 N–H and O–H groups in total. The summed E-state index contributed by atoms with van der Waals surface area (Å²) >= 11 is 0. The maximum absolute atomic E-state index is 12.3. The van der Waals surface area contributed by atoms with Gasteiger partial charge < -0.3 is 14.2 Å². The van der Waals surface area contributed by atoms with Crippen LogP contribution in [0.25, 0.3) is 0 Å². The molecule has 1 amide bonds. The summed E-state index contributed by atoms with van der Waals surface area (Å²) in [6.07, 6.45) is 0.488. The zero-order valence-electron chi connectivity index (χ0n) is 15.1. The number of rotatable bonds is 8. The van der Waals surface area contributed by atoms with E-state index in [1.807, 2.05) is 6.07 Å². The molecule has 0 aliphatic heterocycles. The van der Waals surface area contributed by atoms with Crippen molar-refractivity contribution in [2.24, 2.45) is 5.10 Å². The number of hydrazone groups is 1. The van der Waals surface area contributed by atoms with Gasteiger partial charge in [0.2, 0.25) is 0 Å². The largest absolute Gasteiger partial charge is 0.493 e. The molecule has 0 aliphatic rings. The van der Waals surface area contributed by atoms with E-state index in [4.69, 9.17) is 14.7 Å². The summed E-state index contributed by atoms with van der Waals surface area (Å²) in [4.78, 5) is 12.0. The van der Waals surface area contributed by atoms with E-state index in [0.29, 0.717) is 16.9 Å². The van der Waals surface area contributed by atoms with Gasteiger partial charge in [0, 0.05) is 0 Å². The molecule has 7 nitrogen and oxygen atoms in total. The Kier molecular flexibility index (Phi) is 7.28. The van der Waals surface area contributed by atoms with E-state index in [9.17, 15) is 13.6 Å². The lowest BCUT2D eigenvalue weighted by molar-refractivity contribution is -0.127. The number of carbonyl (C=O) groups excluding carboxylic acids is 1. The standard InChI is InChI=1S/C19H17F2N3O4/c1-12(27-15-6-3-13(10-22)4-7-15)18(25)24-23-11-14-5-8-16(28-19(20)21)17(9-14)26-2/h3-9,11-12,19H,1-2H3,(H,24,25)/b23-11+. The Morgan fingerprint density at radius 1 is 1.18 bits per heavy atom. The number of nitrogens with zero attached hydrogens (tertiary/aromatic N) is 2. The lowest BCUT2D eigenvalue weighted by Gasteiger charge is -2.13. The molecule has 146 valence electrons. The number of hydrogen-bond acceptors (Lipinski definition) is 6. The maximum atomic E-state index is 12.3. The molecule has 0 heterocycles. The highest BCUT2D eigenvalue weighted by molar-refractivity contribution is 5.84. The lowest BCUT2D eigenvalue weighted by atomic mass is 10.2. The van der Waals surface area contributed by atoms with Crippen molar-refractivity contribution in [3.05, 3.63) is 53.6 Å². The first-order valence-corrected chi connectivity index (χ1v) is 8.05. The number of alkyl halides is 2. The average Bonchev–Trinajstić information content (AvgIpc) is 2.69. The van der Waals surface area contributed by atoms with Crippen molar-refractivity contribution in [2.75, 3.05) is 7.11 Å². The zero-order chi connectivity index (χ0) is 20.5. The minimum absolute atomic E-state index is 0.105. The van der Waals surface area contributed by atoms with Gasteiger partial charge in [0.15, 0.2) is 17.6 Å². The highest BCUT2D eigenvalue weighted by Crippen LogP contribution is 2.28. The van der Waals surface area contributed by atoms with Crippen molar-refractivity contribution in [2.45, 2.75) is 19.6 Å². The Balaban J connectivity index is 1.93. The minimum atomic E-state index is -2.97. The number of nitrogens with one attached hydrogen (secondary N) is 1. The zero-order valence-corrected chi connectivity index (χ0v) is 15.1. The van der Waals surface area contributed by atoms with Crippen LogP contribution in [-0.2, 0) is 4.79 Å². The highest BCUT2D eigenvalue weighted by Gasteiger charge is 2.14. The van der Waals surface area contributed by atoms with Crippen LogP contribution in [0.4, 0.5) is 8.78 Å². The van der Waals surface area contributed by atoms with Crippen LogP contribution < -0.4 is 19.6 Å². The van der Waals surface area contributed by atoms with Crippen LogP contribution in [0.3, 0.4) is 0 Å². The van der Waals surface area contributed by atoms with Gasteiger partial charge in [-0.05, 0) is 55.0 Å². The second-order valence-corrected chi connectivity index (χ2v) is 5.42. The first kappa shape index (κ1) is 20.6. The molecule has 2 aromatic carbocycles. The van der Waals surface area contributed by atoms with Crippen LogP contribution >= 0.6 is 0 Å². The van der Waals surface area contributed by atoms with Crippen LogP contribution in [0.2, 0.25) is 0 Å². The van der Waals surface area contributed by atoms with Crippen molar-refractivity contribution in [3.63, 3.8) is 0 Å². The van der Waals surface area contributed by atoms with E-state index >= 15 is 0 Å². The summed E-state index contributed by atoms with van der Waals surface area (Å²) in [6, 6.07) is 12.5.